The third-order valence-corrected chi connectivity index (χ3v) is 5.88. The van der Waals surface area contributed by atoms with Crippen LogP contribution in [0.15, 0.2) is 24.3 Å². The number of hydrogen-bond donors (Lipinski definition) is 1. The molecule has 2 aromatic heterocycles. The SMILES string of the molecule is CN1CCc2c(sc(N)c2-c2nc3ccccc3s2)C1. The van der Waals surface area contributed by atoms with Gasteiger partial charge in [-0.15, -0.1) is 22.7 Å². The molecule has 0 bridgehead atoms. The summed E-state index contributed by atoms with van der Waals surface area (Å²) in [5.41, 5.74) is 9.97. The van der Waals surface area contributed by atoms with Crippen molar-refractivity contribution < 1.29 is 0 Å². The van der Waals surface area contributed by atoms with Crippen molar-refractivity contribution in [1.82, 2.24) is 9.88 Å². The first-order valence-electron chi connectivity index (χ1n) is 6.67. The van der Waals surface area contributed by atoms with Crippen molar-refractivity contribution in [3.63, 3.8) is 0 Å². The van der Waals surface area contributed by atoms with Gasteiger partial charge in [-0.05, 0) is 31.2 Å². The number of fused-ring (bicyclic) bond motifs is 2. The molecular weight excluding hydrogens is 286 g/mol. The predicted molar refractivity (Wildman–Crippen MR) is 87.4 cm³/mol. The van der Waals surface area contributed by atoms with E-state index in [0.29, 0.717) is 0 Å². The standard InChI is InChI=1S/C15H15N3S2/c1-18-7-6-9-12(8-18)19-14(16)13(9)15-17-10-4-2-3-5-11(10)20-15/h2-5H,6-8,16H2,1H3. The van der Waals surface area contributed by atoms with Crippen LogP contribution in [0.25, 0.3) is 20.8 Å². The van der Waals surface area contributed by atoms with Crippen LogP contribution >= 0.6 is 22.7 Å². The number of benzene rings is 1. The summed E-state index contributed by atoms with van der Waals surface area (Å²) in [4.78, 5) is 8.53. The van der Waals surface area contributed by atoms with E-state index in [1.54, 1.807) is 22.7 Å². The molecule has 0 fully saturated rings. The summed E-state index contributed by atoms with van der Waals surface area (Å²) in [5.74, 6) is 0. The van der Waals surface area contributed by atoms with E-state index in [1.807, 2.05) is 6.07 Å². The minimum Gasteiger partial charge on any atom is -0.390 e. The zero-order valence-corrected chi connectivity index (χ0v) is 12.9. The second-order valence-corrected chi connectivity index (χ2v) is 7.38. The molecule has 0 atom stereocenters. The summed E-state index contributed by atoms with van der Waals surface area (Å²) in [6.45, 7) is 2.11. The molecular formula is C15H15N3S2. The quantitative estimate of drug-likeness (QED) is 0.747. The van der Waals surface area contributed by atoms with Gasteiger partial charge in [-0.3, -0.25) is 0 Å². The first kappa shape index (κ1) is 12.3. The lowest BCUT2D eigenvalue weighted by Crippen LogP contribution is -2.25. The molecule has 0 radical (unpaired) electrons. The molecule has 0 aliphatic carbocycles. The average molecular weight is 301 g/mol. The average Bonchev–Trinajstić information content (AvgIpc) is 2.97. The van der Waals surface area contributed by atoms with E-state index in [2.05, 4.69) is 30.1 Å². The molecule has 0 saturated carbocycles. The number of likely N-dealkylation sites (N-methyl/N-ethyl adjacent to an activating group) is 1. The lowest BCUT2D eigenvalue weighted by atomic mass is 10.0. The maximum absolute atomic E-state index is 6.29. The number of hydrogen-bond acceptors (Lipinski definition) is 5. The fourth-order valence-corrected chi connectivity index (χ4v) is 5.08. The van der Waals surface area contributed by atoms with Gasteiger partial charge in [-0.1, -0.05) is 12.1 Å². The summed E-state index contributed by atoms with van der Waals surface area (Å²) in [6, 6.07) is 8.29. The Bertz CT molecular complexity index is 755. The molecule has 1 aliphatic rings. The van der Waals surface area contributed by atoms with Gasteiger partial charge >= 0.3 is 0 Å². The third-order valence-electron chi connectivity index (χ3n) is 3.78. The van der Waals surface area contributed by atoms with Gasteiger partial charge in [0.05, 0.1) is 15.2 Å². The second kappa shape index (κ2) is 4.55. The predicted octanol–water partition coefficient (Wildman–Crippen LogP) is 3.59. The Balaban J connectivity index is 1.89. The van der Waals surface area contributed by atoms with Crippen molar-refractivity contribution in [1.29, 1.82) is 0 Å². The molecule has 5 heteroatoms. The first-order valence-corrected chi connectivity index (χ1v) is 8.30. The monoisotopic (exact) mass is 301 g/mol. The Kier molecular flexibility index (Phi) is 2.80. The number of thiophene rings is 1. The van der Waals surface area contributed by atoms with Crippen molar-refractivity contribution in [2.75, 3.05) is 19.3 Å². The van der Waals surface area contributed by atoms with Crippen molar-refractivity contribution in [3.05, 3.63) is 34.7 Å². The van der Waals surface area contributed by atoms with Gasteiger partial charge in [0.15, 0.2) is 0 Å². The van der Waals surface area contributed by atoms with Gasteiger partial charge < -0.3 is 10.6 Å². The number of nitrogens with zero attached hydrogens (tertiary/aromatic N) is 2. The van der Waals surface area contributed by atoms with Crippen molar-refractivity contribution >= 4 is 37.9 Å². The summed E-state index contributed by atoms with van der Waals surface area (Å²) in [6.07, 6.45) is 1.07. The van der Waals surface area contributed by atoms with E-state index in [4.69, 9.17) is 10.7 Å². The van der Waals surface area contributed by atoms with Crippen molar-refractivity contribution in [3.8, 4) is 10.6 Å². The largest absolute Gasteiger partial charge is 0.390 e. The van der Waals surface area contributed by atoms with Crippen LogP contribution in [-0.4, -0.2) is 23.5 Å². The van der Waals surface area contributed by atoms with E-state index in [-0.39, 0.29) is 0 Å². The number of anilines is 1. The van der Waals surface area contributed by atoms with Gasteiger partial charge in [-0.25, -0.2) is 4.98 Å². The normalized spacial score (nSPS) is 15.7. The molecule has 1 aromatic carbocycles. The highest BCUT2D eigenvalue weighted by Gasteiger charge is 2.24. The molecule has 0 spiro atoms. The summed E-state index contributed by atoms with van der Waals surface area (Å²) >= 11 is 3.47. The van der Waals surface area contributed by atoms with Crippen LogP contribution in [0.2, 0.25) is 0 Å². The first-order chi connectivity index (χ1) is 9.72. The second-order valence-electron chi connectivity index (χ2n) is 5.22. The maximum atomic E-state index is 6.29. The number of aromatic nitrogens is 1. The molecule has 0 unspecified atom stereocenters. The fourth-order valence-electron chi connectivity index (χ4n) is 2.77. The van der Waals surface area contributed by atoms with E-state index in [1.165, 1.54) is 20.7 Å². The molecule has 0 saturated heterocycles. The molecule has 0 amide bonds. The number of thiazole rings is 1. The van der Waals surface area contributed by atoms with Crippen LogP contribution in [0.4, 0.5) is 5.00 Å². The molecule has 4 rings (SSSR count). The van der Waals surface area contributed by atoms with Crippen LogP contribution in [-0.2, 0) is 13.0 Å². The zero-order valence-electron chi connectivity index (χ0n) is 11.2. The molecule has 20 heavy (non-hydrogen) atoms. The van der Waals surface area contributed by atoms with Crippen LogP contribution < -0.4 is 5.73 Å². The maximum Gasteiger partial charge on any atom is 0.127 e. The third kappa shape index (κ3) is 1.85. The van der Waals surface area contributed by atoms with Crippen LogP contribution in [0, 0.1) is 0 Å². The summed E-state index contributed by atoms with van der Waals surface area (Å²) in [5, 5.41) is 2.00. The summed E-state index contributed by atoms with van der Waals surface area (Å²) in [7, 11) is 2.16. The van der Waals surface area contributed by atoms with Crippen LogP contribution in [0.5, 0.6) is 0 Å². The Morgan fingerprint density at radius 3 is 2.95 bits per heavy atom. The molecule has 2 N–H and O–H groups in total. The van der Waals surface area contributed by atoms with Gasteiger partial charge in [-0.2, -0.15) is 0 Å². The number of rotatable bonds is 1. The number of nitrogens with two attached hydrogens (primary N) is 1. The minimum absolute atomic E-state index is 0.921. The Morgan fingerprint density at radius 1 is 1.25 bits per heavy atom. The van der Waals surface area contributed by atoms with E-state index in [9.17, 15) is 0 Å². The van der Waals surface area contributed by atoms with Crippen LogP contribution in [0.3, 0.4) is 0 Å². The Morgan fingerprint density at radius 2 is 2.10 bits per heavy atom. The molecule has 102 valence electrons. The lowest BCUT2D eigenvalue weighted by Gasteiger charge is -2.22. The smallest absolute Gasteiger partial charge is 0.127 e. The van der Waals surface area contributed by atoms with Crippen molar-refractivity contribution in [2.24, 2.45) is 0 Å². The van der Waals surface area contributed by atoms with Gasteiger partial charge in [0, 0.05) is 23.5 Å². The number of para-hydroxylation sites is 1. The lowest BCUT2D eigenvalue weighted by molar-refractivity contribution is 0.317. The molecule has 3 aromatic rings. The fraction of sp³-hybridized carbons (Fsp3) is 0.267. The highest BCUT2D eigenvalue weighted by Crippen LogP contribution is 2.43. The highest BCUT2D eigenvalue weighted by atomic mass is 32.1. The van der Waals surface area contributed by atoms with Crippen LogP contribution in [0.1, 0.15) is 10.4 Å². The van der Waals surface area contributed by atoms with E-state index < -0.39 is 0 Å². The Hall–Kier alpha value is -1.43. The van der Waals surface area contributed by atoms with Gasteiger partial charge in [0.25, 0.3) is 0 Å². The van der Waals surface area contributed by atoms with Gasteiger partial charge in [0.2, 0.25) is 0 Å². The molecule has 1 aliphatic heterocycles. The topological polar surface area (TPSA) is 42.1 Å². The minimum atomic E-state index is 0.921. The Labute approximate surface area is 125 Å². The molecule has 3 nitrogen and oxygen atoms in total. The number of nitrogen functional groups attached to an aromatic ring is 1. The van der Waals surface area contributed by atoms with Crippen molar-refractivity contribution in [2.45, 2.75) is 13.0 Å². The highest BCUT2D eigenvalue weighted by molar-refractivity contribution is 7.22. The molecule has 3 heterocycles. The van der Waals surface area contributed by atoms with Gasteiger partial charge in [0.1, 0.15) is 5.01 Å². The summed E-state index contributed by atoms with van der Waals surface area (Å²) < 4.78 is 1.23. The van der Waals surface area contributed by atoms with E-state index in [0.717, 1.165) is 35.0 Å². The zero-order chi connectivity index (χ0) is 13.7. The van der Waals surface area contributed by atoms with E-state index >= 15 is 0 Å².